The number of rotatable bonds is 2. The first-order valence-electron chi connectivity index (χ1n) is 25.2. The highest BCUT2D eigenvalue weighted by atomic mass is 16.5. The SMILES string of the molecule is [2H]C([2H])([2H])c1ccc2c(c1)Oc1cc(C([2H])([2H])[2H])c(-c3ccc4c(c3)-c3ccccc3-c3ncccc3-c3ccc(N5c6nc7ccccc7n6C6C=CC=CC65)cc3-4)cc1C2(C([2H])([2H])[2H])C([2H])([2H])[2H]. The number of aromatic nitrogens is 3. The van der Waals surface area contributed by atoms with Gasteiger partial charge >= 0.3 is 0 Å². The molecule has 12 rings (SSSR count). The fourth-order valence-electron chi connectivity index (χ4n) is 9.43. The number of anilines is 2. The minimum Gasteiger partial charge on any atom is -0.457 e. The van der Waals surface area contributed by atoms with Gasteiger partial charge < -0.3 is 14.2 Å². The zero-order chi connectivity index (χ0) is 48.9. The van der Waals surface area contributed by atoms with Gasteiger partial charge in [-0.1, -0.05) is 111 Å². The van der Waals surface area contributed by atoms with E-state index >= 15 is 0 Å². The van der Waals surface area contributed by atoms with Crippen LogP contribution in [0.5, 0.6) is 11.5 Å². The molecule has 58 heavy (non-hydrogen) atoms. The molecule has 0 N–H and O–H groups in total. The van der Waals surface area contributed by atoms with Gasteiger partial charge in [-0.05, 0) is 118 Å². The number of pyridine rings is 1. The number of hydrogen-bond acceptors (Lipinski definition) is 4. The lowest BCUT2D eigenvalue weighted by Crippen LogP contribution is -2.29. The maximum absolute atomic E-state index is 8.97. The molecule has 2 aromatic heterocycles. The van der Waals surface area contributed by atoms with E-state index in [1.54, 1.807) is 12.3 Å². The molecule has 4 aliphatic rings. The minimum atomic E-state index is -3.28. The monoisotopic (exact) mass is 760 g/mol. The van der Waals surface area contributed by atoms with Gasteiger partial charge in [-0.2, -0.15) is 0 Å². The Morgan fingerprint density at radius 2 is 1.40 bits per heavy atom. The van der Waals surface area contributed by atoms with Gasteiger partial charge in [-0.3, -0.25) is 4.98 Å². The van der Waals surface area contributed by atoms with E-state index in [0.29, 0.717) is 5.56 Å². The fourth-order valence-corrected chi connectivity index (χ4v) is 9.43. The molecule has 8 aromatic rings. The van der Waals surface area contributed by atoms with Crippen molar-refractivity contribution in [2.75, 3.05) is 4.90 Å². The second kappa shape index (κ2) is 12.0. The van der Waals surface area contributed by atoms with Crippen LogP contribution in [0.4, 0.5) is 11.6 Å². The molecule has 0 saturated carbocycles. The van der Waals surface area contributed by atoms with Crippen molar-refractivity contribution in [3.05, 3.63) is 180 Å². The molecule has 0 amide bonds. The molecule has 2 atom stereocenters. The van der Waals surface area contributed by atoms with E-state index in [9.17, 15) is 0 Å². The smallest absolute Gasteiger partial charge is 0.212 e. The van der Waals surface area contributed by atoms with Gasteiger partial charge in [0.25, 0.3) is 0 Å². The first-order valence-corrected chi connectivity index (χ1v) is 19.2. The molecule has 6 aromatic carbocycles. The Morgan fingerprint density at radius 1 is 0.621 bits per heavy atom. The van der Waals surface area contributed by atoms with E-state index in [0.717, 1.165) is 73.4 Å². The molecule has 0 bridgehead atoms. The van der Waals surface area contributed by atoms with Crippen molar-refractivity contribution < 1.29 is 21.2 Å². The van der Waals surface area contributed by atoms with Crippen LogP contribution in [0.2, 0.25) is 0 Å². The van der Waals surface area contributed by atoms with Gasteiger partial charge in [0.2, 0.25) is 5.95 Å². The summed E-state index contributed by atoms with van der Waals surface area (Å²) in [6.07, 6.45) is 10.3. The molecule has 0 radical (unpaired) electrons. The Balaban J connectivity index is 1.11. The van der Waals surface area contributed by atoms with Crippen molar-refractivity contribution in [2.45, 2.75) is 44.9 Å². The van der Waals surface area contributed by atoms with Crippen LogP contribution in [-0.4, -0.2) is 20.6 Å². The van der Waals surface area contributed by atoms with Crippen molar-refractivity contribution in [3.63, 3.8) is 0 Å². The topological polar surface area (TPSA) is 43.2 Å². The summed E-state index contributed by atoms with van der Waals surface area (Å²) in [5.74, 6) is 0.208. The quantitative estimate of drug-likeness (QED) is 0.176. The molecule has 2 aliphatic heterocycles. The number of hydrogen-bond donors (Lipinski definition) is 0. The fraction of sp³-hybridized carbons (Fsp3) is 0.132. The van der Waals surface area contributed by atoms with Crippen molar-refractivity contribution in [3.8, 4) is 67.3 Å². The first-order chi connectivity index (χ1) is 33.3. The van der Waals surface area contributed by atoms with Crippen molar-refractivity contribution in [1.29, 1.82) is 0 Å². The zero-order valence-electron chi connectivity index (χ0n) is 42.9. The Hall–Kier alpha value is -6.98. The maximum atomic E-state index is 8.97. The van der Waals surface area contributed by atoms with Crippen LogP contribution in [-0.2, 0) is 5.41 Å². The Morgan fingerprint density at radius 3 is 2.29 bits per heavy atom. The number of nitrogens with zero attached hydrogens (tertiary/aromatic N) is 4. The summed E-state index contributed by atoms with van der Waals surface area (Å²) < 4.78 is 113. The Bertz CT molecular complexity index is 3570. The third-order valence-electron chi connectivity index (χ3n) is 12.1. The van der Waals surface area contributed by atoms with Crippen LogP contribution in [0.25, 0.3) is 66.8 Å². The molecule has 2 unspecified atom stereocenters. The Labute approximate surface area is 355 Å². The molecule has 0 saturated heterocycles. The van der Waals surface area contributed by atoms with E-state index in [1.165, 1.54) is 24.3 Å². The average molecular weight is 761 g/mol. The highest BCUT2D eigenvalue weighted by Crippen LogP contribution is 2.53. The standard InChI is InChI=1S/C53H40N4O/c1-31-19-24-43-49(26-31)58-50-27-32(2)40(30-44(50)53(43,3)4)33-20-22-37-41(28-33)35-12-5-6-13-38(35)51-39(14-11-25-54-51)36-23-21-34(29-42(36)37)56-47-17-9-10-18-48(47)57-46-16-8-7-15-45(46)55-52(56)57/h5-30,47-48H,1-4H3/i1D3,2D3,3D3,4D3. The number of imidazole rings is 1. The summed E-state index contributed by atoms with van der Waals surface area (Å²) >= 11 is 0. The predicted octanol–water partition coefficient (Wildman–Crippen LogP) is 13.3. The number of ether oxygens (including phenoxy) is 1. The van der Waals surface area contributed by atoms with Gasteiger partial charge in [0, 0.05) is 56.0 Å². The third-order valence-corrected chi connectivity index (χ3v) is 12.1. The number of fused-ring (bicyclic) bond motifs is 15. The first kappa shape index (κ1) is 23.3. The van der Waals surface area contributed by atoms with Gasteiger partial charge in [0.1, 0.15) is 11.5 Å². The molecule has 0 spiro atoms. The maximum Gasteiger partial charge on any atom is 0.212 e. The van der Waals surface area contributed by atoms with Gasteiger partial charge in [0.15, 0.2) is 0 Å². The van der Waals surface area contributed by atoms with Crippen LogP contribution < -0.4 is 9.64 Å². The van der Waals surface area contributed by atoms with Gasteiger partial charge in [-0.25, -0.2) is 4.98 Å². The van der Waals surface area contributed by atoms with Crippen LogP contribution in [0, 0.1) is 13.7 Å². The molecule has 4 heterocycles. The summed E-state index contributed by atoms with van der Waals surface area (Å²) in [4.78, 5) is 12.4. The number of benzene rings is 6. The second-order valence-corrected chi connectivity index (χ2v) is 15.3. The molecule has 2 aliphatic carbocycles. The van der Waals surface area contributed by atoms with Crippen molar-refractivity contribution >= 4 is 22.7 Å². The summed E-state index contributed by atoms with van der Waals surface area (Å²) in [5, 5.41) is 0. The lowest BCUT2D eigenvalue weighted by atomic mass is 9.74. The van der Waals surface area contributed by atoms with Crippen LogP contribution in [0.15, 0.2) is 158 Å². The predicted molar refractivity (Wildman–Crippen MR) is 236 cm³/mol. The zero-order valence-corrected chi connectivity index (χ0v) is 30.9. The van der Waals surface area contributed by atoms with Crippen LogP contribution in [0.3, 0.4) is 0 Å². The summed E-state index contributed by atoms with van der Waals surface area (Å²) in [6.45, 7) is -12.0. The number of para-hydroxylation sites is 2. The lowest BCUT2D eigenvalue weighted by molar-refractivity contribution is 0.417. The van der Waals surface area contributed by atoms with E-state index in [1.807, 2.05) is 60.7 Å². The summed E-state index contributed by atoms with van der Waals surface area (Å²) in [6, 6.07) is 37.8. The molecule has 278 valence electrons. The van der Waals surface area contributed by atoms with Crippen molar-refractivity contribution in [2.24, 2.45) is 0 Å². The molecule has 5 nitrogen and oxygen atoms in total. The number of aryl methyl sites for hydroxylation is 2. The normalized spacial score (nSPS) is 21.3. The highest BCUT2D eigenvalue weighted by Gasteiger charge is 2.40. The minimum absolute atomic E-state index is 0.00926. The molecule has 5 heteroatoms. The summed E-state index contributed by atoms with van der Waals surface area (Å²) in [5.41, 5.74) is 6.15. The molecular weight excluding hydrogens is 709 g/mol. The van der Waals surface area contributed by atoms with E-state index in [4.69, 9.17) is 31.2 Å². The third kappa shape index (κ3) is 4.64. The van der Waals surface area contributed by atoms with Crippen molar-refractivity contribution in [1.82, 2.24) is 14.5 Å². The van der Waals surface area contributed by atoms with E-state index in [2.05, 4.69) is 64.1 Å². The summed E-state index contributed by atoms with van der Waals surface area (Å²) in [7, 11) is 0. The van der Waals surface area contributed by atoms with Crippen LogP contribution in [0.1, 0.15) is 58.4 Å². The van der Waals surface area contributed by atoms with Crippen LogP contribution >= 0.6 is 0 Å². The largest absolute Gasteiger partial charge is 0.457 e. The van der Waals surface area contributed by atoms with E-state index < -0.39 is 32.8 Å². The highest BCUT2D eigenvalue weighted by molar-refractivity contribution is 6.04. The Kier molecular flexibility index (Phi) is 4.83. The molecule has 0 fully saturated rings. The van der Waals surface area contributed by atoms with Gasteiger partial charge in [-0.15, -0.1) is 0 Å². The lowest BCUT2D eigenvalue weighted by Gasteiger charge is -2.35. The average Bonchev–Trinajstić information content (AvgIpc) is 3.85. The van der Waals surface area contributed by atoms with Gasteiger partial charge in [0.05, 0.1) is 28.8 Å². The second-order valence-electron chi connectivity index (χ2n) is 15.3. The number of allylic oxidation sites excluding steroid dienone is 2. The van der Waals surface area contributed by atoms with E-state index in [-0.39, 0.29) is 51.4 Å². The molecular formula is C53H40N4O.